The molecule has 8 heavy (non-hydrogen) atoms. The molecule has 0 spiro atoms. The summed E-state index contributed by atoms with van der Waals surface area (Å²) in [5.41, 5.74) is 0. The lowest BCUT2D eigenvalue weighted by atomic mass is 10.3. The van der Waals surface area contributed by atoms with Crippen LogP contribution in [0, 0.1) is 0 Å². The lowest BCUT2D eigenvalue weighted by Gasteiger charge is -2.13. The molecule has 4 heteroatoms. The van der Waals surface area contributed by atoms with Gasteiger partial charge in [0.05, 0.1) is 0 Å². The molecule has 0 fully saturated rings. The molecule has 0 aromatic carbocycles. The van der Waals surface area contributed by atoms with Crippen LogP contribution >= 0.6 is 0 Å². The second-order valence-electron chi connectivity index (χ2n) is 1.55. The largest absolute Gasteiger partial charge is 0.403 e. The lowest BCUT2D eigenvalue weighted by molar-refractivity contribution is -0.150. The van der Waals surface area contributed by atoms with Gasteiger partial charge in [-0.15, -0.1) is 0 Å². The molecule has 50 valence electrons. The van der Waals surface area contributed by atoms with E-state index in [1.165, 1.54) is 7.05 Å². The molecule has 0 rings (SSSR count). The molecule has 0 heterocycles. The van der Waals surface area contributed by atoms with Gasteiger partial charge in [-0.3, -0.25) is 0 Å². The molecule has 1 atom stereocenters. The van der Waals surface area contributed by atoms with E-state index in [1.807, 2.05) is 0 Å². The first-order valence-corrected chi connectivity index (χ1v) is 2.22. The zero-order valence-electron chi connectivity index (χ0n) is 4.71. The summed E-state index contributed by atoms with van der Waals surface area (Å²) in [7, 11) is 1.28. The SMILES string of the molecule is CNC(C)C(F)(F)F. The number of nitrogens with one attached hydrogen (secondary N) is 1. The fourth-order valence-corrected chi connectivity index (χ4v) is 0.164. The molecule has 0 saturated heterocycles. The van der Waals surface area contributed by atoms with Crippen LogP contribution in [-0.2, 0) is 0 Å². The monoisotopic (exact) mass is 127 g/mol. The standard InChI is InChI=1S/C4H8F3N/c1-3(8-2)4(5,6)7/h3,8H,1-2H3. The molecular weight excluding hydrogens is 119 g/mol. The maximum absolute atomic E-state index is 11.4. The molecule has 0 amide bonds. The minimum Gasteiger partial charge on any atom is -0.309 e. The molecule has 0 aromatic heterocycles. The van der Waals surface area contributed by atoms with Gasteiger partial charge in [0.25, 0.3) is 0 Å². The van der Waals surface area contributed by atoms with Gasteiger partial charge in [-0.05, 0) is 14.0 Å². The number of alkyl halides is 3. The minimum absolute atomic E-state index is 1.07. The third kappa shape index (κ3) is 2.16. The quantitative estimate of drug-likeness (QED) is 0.557. The highest BCUT2D eigenvalue weighted by Gasteiger charge is 2.34. The normalized spacial score (nSPS) is 16.1. The Morgan fingerprint density at radius 3 is 1.75 bits per heavy atom. The van der Waals surface area contributed by atoms with E-state index in [9.17, 15) is 13.2 Å². The third-order valence-electron chi connectivity index (χ3n) is 0.924. The summed E-state index contributed by atoms with van der Waals surface area (Å²) in [6, 6.07) is -1.40. The van der Waals surface area contributed by atoms with Crippen molar-refractivity contribution >= 4 is 0 Å². The molecular formula is C4H8F3N. The number of hydrogen-bond donors (Lipinski definition) is 1. The van der Waals surface area contributed by atoms with E-state index in [2.05, 4.69) is 5.32 Å². The Morgan fingerprint density at radius 2 is 1.75 bits per heavy atom. The molecule has 1 unspecified atom stereocenters. The number of hydrogen-bond acceptors (Lipinski definition) is 1. The van der Waals surface area contributed by atoms with Crippen molar-refractivity contribution in [2.24, 2.45) is 0 Å². The number of rotatable bonds is 1. The van der Waals surface area contributed by atoms with Gasteiger partial charge in [-0.1, -0.05) is 0 Å². The van der Waals surface area contributed by atoms with Crippen LogP contribution in [0.25, 0.3) is 0 Å². The first kappa shape index (κ1) is 7.75. The summed E-state index contributed by atoms with van der Waals surface area (Å²) in [6.45, 7) is 1.07. The van der Waals surface area contributed by atoms with Crippen LogP contribution in [0.4, 0.5) is 13.2 Å². The topological polar surface area (TPSA) is 12.0 Å². The van der Waals surface area contributed by atoms with E-state index < -0.39 is 12.2 Å². The van der Waals surface area contributed by atoms with Gasteiger partial charge in [0, 0.05) is 0 Å². The van der Waals surface area contributed by atoms with Gasteiger partial charge in [0.15, 0.2) is 0 Å². The molecule has 0 bridgehead atoms. The molecule has 0 aliphatic heterocycles. The van der Waals surface area contributed by atoms with Gasteiger partial charge in [0.1, 0.15) is 6.04 Å². The van der Waals surface area contributed by atoms with Crippen LogP contribution in [0.5, 0.6) is 0 Å². The second kappa shape index (κ2) is 2.35. The molecule has 0 saturated carbocycles. The fourth-order valence-electron chi connectivity index (χ4n) is 0.164. The van der Waals surface area contributed by atoms with E-state index in [1.54, 1.807) is 0 Å². The zero-order valence-corrected chi connectivity index (χ0v) is 4.71. The highest BCUT2D eigenvalue weighted by molar-refractivity contribution is 4.65. The van der Waals surface area contributed by atoms with Gasteiger partial charge >= 0.3 is 6.18 Å². The van der Waals surface area contributed by atoms with Crippen LogP contribution < -0.4 is 5.32 Å². The van der Waals surface area contributed by atoms with Gasteiger partial charge in [-0.2, -0.15) is 13.2 Å². The third-order valence-corrected chi connectivity index (χ3v) is 0.924. The first-order valence-electron chi connectivity index (χ1n) is 2.22. The predicted octanol–water partition coefficient (Wildman–Crippen LogP) is 1.16. The zero-order chi connectivity index (χ0) is 6.78. The van der Waals surface area contributed by atoms with Crippen molar-refractivity contribution < 1.29 is 13.2 Å². The highest BCUT2D eigenvalue weighted by atomic mass is 19.4. The van der Waals surface area contributed by atoms with Crippen molar-refractivity contribution in [1.29, 1.82) is 0 Å². The lowest BCUT2D eigenvalue weighted by Crippen LogP contribution is -2.36. The van der Waals surface area contributed by atoms with Crippen molar-refractivity contribution in [1.82, 2.24) is 5.32 Å². The van der Waals surface area contributed by atoms with E-state index in [-0.39, 0.29) is 0 Å². The Morgan fingerprint density at radius 1 is 1.38 bits per heavy atom. The first-order chi connectivity index (χ1) is 3.48. The maximum Gasteiger partial charge on any atom is 0.403 e. The Kier molecular flexibility index (Phi) is 2.27. The van der Waals surface area contributed by atoms with Crippen LogP contribution in [0.15, 0.2) is 0 Å². The van der Waals surface area contributed by atoms with Crippen LogP contribution in [0.2, 0.25) is 0 Å². The molecule has 1 nitrogen and oxygen atoms in total. The van der Waals surface area contributed by atoms with E-state index in [0.29, 0.717) is 0 Å². The molecule has 0 radical (unpaired) electrons. The highest BCUT2D eigenvalue weighted by Crippen LogP contribution is 2.18. The Hall–Kier alpha value is -0.250. The summed E-state index contributed by atoms with van der Waals surface area (Å²) in [5, 5.41) is 2.08. The Balaban J connectivity index is 3.62. The summed E-state index contributed by atoms with van der Waals surface area (Å²) < 4.78 is 34.2. The number of halogens is 3. The maximum atomic E-state index is 11.4. The van der Waals surface area contributed by atoms with Crippen LogP contribution in [0.1, 0.15) is 6.92 Å². The molecule has 0 aliphatic rings. The average molecular weight is 127 g/mol. The smallest absolute Gasteiger partial charge is 0.309 e. The predicted molar refractivity (Wildman–Crippen MR) is 24.6 cm³/mol. The van der Waals surface area contributed by atoms with Crippen molar-refractivity contribution in [3.05, 3.63) is 0 Å². The van der Waals surface area contributed by atoms with Crippen molar-refractivity contribution in [2.75, 3.05) is 7.05 Å². The van der Waals surface area contributed by atoms with Gasteiger partial charge < -0.3 is 5.32 Å². The van der Waals surface area contributed by atoms with Crippen LogP contribution in [-0.4, -0.2) is 19.3 Å². The van der Waals surface area contributed by atoms with Gasteiger partial charge in [0.2, 0.25) is 0 Å². The van der Waals surface area contributed by atoms with Crippen LogP contribution in [0.3, 0.4) is 0 Å². The van der Waals surface area contributed by atoms with Crippen molar-refractivity contribution in [3.63, 3.8) is 0 Å². The van der Waals surface area contributed by atoms with E-state index in [4.69, 9.17) is 0 Å². The van der Waals surface area contributed by atoms with Crippen molar-refractivity contribution in [2.45, 2.75) is 19.1 Å². The van der Waals surface area contributed by atoms with Crippen molar-refractivity contribution in [3.8, 4) is 0 Å². The van der Waals surface area contributed by atoms with E-state index in [0.717, 1.165) is 6.92 Å². The fraction of sp³-hybridized carbons (Fsp3) is 1.00. The summed E-state index contributed by atoms with van der Waals surface area (Å²) in [5.74, 6) is 0. The molecule has 1 N–H and O–H groups in total. The summed E-state index contributed by atoms with van der Waals surface area (Å²) >= 11 is 0. The van der Waals surface area contributed by atoms with E-state index >= 15 is 0 Å². The van der Waals surface area contributed by atoms with Gasteiger partial charge in [-0.25, -0.2) is 0 Å². The second-order valence-corrected chi connectivity index (χ2v) is 1.55. The molecule has 0 aliphatic carbocycles. The summed E-state index contributed by atoms with van der Waals surface area (Å²) in [6.07, 6.45) is -4.10. The minimum atomic E-state index is -4.10. The molecule has 0 aromatic rings. The Labute approximate surface area is 45.9 Å². The average Bonchev–Trinajstić information content (AvgIpc) is 1.62. The summed E-state index contributed by atoms with van der Waals surface area (Å²) in [4.78, 5) is 0. The Bertz CT molecular complexity index is 68.2.